The Kier molecular flexibility index (Phi) is 7.20. The zero-order valence-electron chi connectivity index (χ0n) is 13.5. The number of benzene rings is 1. The van der Waals surface area contributed by atoms with E-state index in [0.29, 0.717) is 18.0 Å². The van der Waals surface area contributed by atoms with E-state index in [1.165, 1.54) is 6.07 Å². The number of amides is 1. The first-order chi connectivity index (χ1) is 9.95. The summed E-state index contributed by atoms with van der Waals surface area (Å²) in [5, 5.41) is 5.87. The molecule has 0 radical (unpaired) electrons. The average Bonchev–Trinajstić information content (AvgIpc) is 2.40. The van der Waals surface area contributed by atoms with Gasteiger partial charge in [-0.3, -0.25) is 4.79 Å². The molecule has 4 heteroatoms. The smallest absolute Gasteiger partial charge is 0.253 e. The summed E-state index contributed by atoms with van der Waals surface area (Å²) in [7, 11) is 0. The van der Waals surface area contributed by atoms with E-state index >= 15 is 0 Å². The monoisotopic (exact) mass is 294 g/mol. The molecule has 0 fully saturated rings. The number of carbonyl (C=O) groups excluding carboxylic acids is 1. The molecule has 0 aliphatic heterocycles. The molecule has 1 unspecified atom stereocenters. The Bertz CT molecular complexity index is 460. The minimum atomic E-state index is -0.392. The maximum atomic E-state index is 13.8. The van der Waals surface area contributed by atoms with Crippen molar-refractivity contribution in [2.45, 2.75) is 53.0 Å². The molecule has 3 nitrogen and oxygen atoms in total. The van der Waals surface area contributed by atoms with Crippen LogP contribution in [0.2, 0.25) is 0 Å². The van der Waals surface area contributed by atoms with E-state index in [-0.39, 0.29) is 17.6 Å². The van der Waals surface area contributed by atoms with E-state index in [1.807, 2.05) is 13.8 Å². The lowest BCUT2D eigenvalue weighted by atomic mass is 10.0. The third kappa shape index (κ3) is 5.74. The van der Waals surface area contributed by atoms with Crippen LogP contribution in [0.15, 0.2) is 18.2 Å². The molecular formula is C17H27FN2O. The van der Waals surface area contributed by atoms with Crippen molar-refractivity contribution in [3.8, 4) is 0 Å². The van der Waals surface area contributed by atoms with Crippen molar-refractivity contribution >= 4 is 11.6 Å². The SMILES string of the molecule is CCNc1c(F)cccc1C(=O)NC(C)CCCC(C)C. The third-order valence-corrected chi connectivity index (χ3v) is 3.41. The molecule has 0 bridgehead atoms. The molecule has 1 rings (SSSR count). The molecule has 1 aromatic carbocycles. The van der Waals surface area contributed by atoms with Crippen LogP contribution in [0.3, 0.4) is 0 Å². The van der Waals surface area contributed by atoms with Crippen LogP contribution in [-0.2, 0) is 0 Å². The fraction of sp³-hybridized carbons (Fsp3) is 0.588. The number of carbonyl (C=O) groups is 1. The summed E-state index contributed by atoms with van der Waals surface area (Å²) in [6, 6.07) is 4.67. The van der Waals surface area contributed by atoms with Gasteiger partial charge < -0.3 is 10.6 Å². The Balaban J connectivity index is 2.65. The van der Waals surface area contributed by atoms with Gasteiger partial charge in [-0.15, -0.1) is 0 Å². The van der Waals surface area contributed by atoms with Crippen molar-refractivity contribution in [3.05, 3.63) is 29.6 Å². The Labute approximate surface area is 127 Å². The number of rotatable bonds is 8. The largest absolute Gasteiger partial charge is 0.382 e. The second-order valence-electron chi connectivity index (χ2n) is 5.89. The molecule has 0 aliphatic carbocycles. The molecule has 0 saturated heterocycles. The first kappa shape index (κ1) is 17.5. The van der Waals surface area contributed by atoms with Crippen LogP contribution in [0.25, 0.3) is 0 Å². The topological polar surface area (TPSA) is 41.1 Å². The molecule has 0 saturated carbocycles. The van der Waals surface area contributed by atoms with Gasteiger partial charge in [0.05, 0.1) is 11.3 Å². The quantitative estimate of drug-likeness (QED) is 0.754. The van der Waals surface area contributed by atoms with E-state index < -0.39 is 5.82 Å². The number of hydrogen-bond acceptors (Lipinski definition) is 2. The van der Waals surface area contributed by atoms with E-state index in [9.17, 15) is 9.18 Å². The van der Waals surface area contributed by atoms with Gasteiger partial charge in [-0.1, -0.05) is 32.8 Å². The van der Waals surface area contributed by atoms with Crippen LogP contribution in [0, 0.1) is 11.7 Å². The van der Waals surface area contributed by atoms with E-state index in [1.54, 1.807) is 12.1 Å². The number of para-hydroxylation sites is 1. The molecule has 0 aromatic heterocycles. The lowest BCUT2D eigenvalue weighted by molar-refractivity contribution is 0.0938. The fourth-order valence-electron chi connectivity index (χ4n) is 2.28. The Morgan fingerprint density at radius 1 is 1.24 bits per heavy atom. The molecule has 1 amide bonds. The predicted octanol–water partition coefficient (Wildman–Crippen LogP) is 4.20. The summed E-state index contributed by atoms with van der Waals surface area (Å²) < 4.78 is 13.8. The number of nitrogens with one attached hydrogen (secondary N) is 2. The van der Waals surface area contributed by atoms with Crippen molar-refractivity contribution < 1.29 is 9.18 Å². The predicted molar refractivity (Wildman–Crippen MR) is 86.2 cm³/mol. The third-order valence-electron chi connectivity index (χ3n) is 3.41. The molecular weight excluding hydrogens is 267 g/mol. The van der Waals surface area contributed by atoms with Crippen LogP contribution < -0.4 is 10.6 Å². The Morgan fingerprint density at radius 3 is 2.57 bits per heavy atom. The summed E-state index contributed by atoms with van der Waals surface area (Å²) >= 11 is 0. The van der Waals surface area contributed by atoms with Gasteiger partial charge in [0.1, 0.15) is 5.82 Å². The summed E-state index contributed by atoms with van der Waals surface area (Å²) in [6.07, 6.45) is 3.18. The van der Waals surface area contributed by atoms with Crippen LogP contribution in [-0.4, -0.2) is 18.5 Å². The van der Waals surface area contributed by atoms with Crippen LogP contribution in [0.5, 0.6) is 0 Å². The van der Waals surface area contributed by atoms with E-state index in [2.05, 4.69) is 24.5 Å². The summed E-state index contributed by atoms with van der Waals surface area (Å²) in [5.74, 6) is 0.0657. The van der Waals surface area contributed by atoms with Crippen molar-refractivity contribution in [3.63, 3.8) is 0 Å². The van der Waals surface area contributed by atoms with Gasteiger partial charge in [-0.2, -0.15) is 0 Å². The van der Waals surface area contributed by atoms with Gasteiger partial charge in [-0.05, 0) is 38.3 Å². The van der Waals surface area contributed by atoms with Gasteiger partial charge in [-0.25, -0.2) is 4.39 Å². The average molecular weight is 294 g/mol. The highest BCUT2D eigenvalue weighted by Gasteiger charge is 2.16. The number of hydrogen-bond donors (Lipinski definition) is 2. The molecule has 1 aromatic rings. The van der Waals surface area contributed by atoms with Crippen LogP contribution >= 0.6 is 0 Å². The minimum absolute atomic E-state index is 0.0917. The Hall–Kier alpha value is -1.58. The first-order valence-electron chi connectivity index (χ1n) is 7.79. The number of halogens is 1. The normalized spacial score (nSPS) is 12.3. The van der Waals surface area contributed by atoms with E-state index in [4.69, 9.17) is 0 Å². The molecule has 21 heavy (non-hydrogen) atoms. The van der Waals surface area contributed by atoms with Crippen molar-refractivity contribution in [2.24, 2.45) is 5.92 Å². The Morgan fingerprint density at radius 2 is 1.95 bits per heavy atom. The lowest BCUT2D eigenvalue weighted by Gasteiger charge is -2.17. The number of anilines is 1. The highest BCUT2D eigenvalue weighted by atomic mass is 19.1. The van der Waals surface area contributed by atoms with E-state index in [0.717, 1.165) is 19.3 Å². The fourth-order valence-corrected chi connectivity index (χ4v) is 2.28. The highest BCUT2D eigenvalue weighted by molar-refractivity contribution is 5.99. The first-order valence-corrected chi connectivity index (χ1v) is 7.79. The molecule has 0 spiro atoms. The second-order valence-corrected chi connectivity index (χ2v) is 5.89. The van der Waals surface area contributed by atoms with Crippen molar-refractivity contribution in [1.29, 1.82) is 0 Å². The maximum Gasteiger partial charge on any atom is 0.253 e. The van der Waals surface area contributed by atoms with Gasteiger partial charge in [0.15, 0.2) is 0 Å². The molecule has 0 aliphatic rings. The molecule has 1 atom stereocenters. The van der Waals surface area contributed by atoms with Crippen LogP contribution in [0.1, 0.15) is 57.3 Å². The van der Waals surface area contributed by atoms with Crippen molar-refractivity contribution in [1.82, 2.24) is 5.32 Å². The zero-order chi connectivity index (χ0) is 15.8. The summed E-state index contributed by atoms with van der Waals surface area (Å²) in [6.45, 7) is 8.83. The second kappa shape index (κ2) is 8.65. The molecule has 2 N–H and O–H groups in total. The minimum Gasteiger partial charge on any atom is -0.382 e. The van der Waals surface area contributed by atoms with Gasteiger partial charge in [0.25, 0.3) is 5.91 Å². The van der Waals surface area contributed by atoms with Crippen LogP contribution in [0.4, 0.5) is 10.1 Å². The molecule has 118 valence electrons. The van der Waals surface area contributed by atoms with Gasteiger partial charge in [0.2, 0.25) is 0 Å². The zero-order valence-corrected chi connectivity index (χ0v) is 13.5. The van der Waals surface area contributed by atoms with Gasteiger partial charge in [0, 0.05) is 12.6 Å². The maximum absolute atomic E-state index is 13.8. The molecule has 0 heterocycles. The van der Waals surface area contributed by atoms with Gasteiger partial charge >= 0.3 is 0 Å². The summed E-state index contributed by atoms with van der Waals surface area (Å²) in [5.41, 5.74) is 0.652. The summed E-state index contributed by atoms with van der Waals surface area (Å²) in [4.78, 5) is 12.3. The standard InChI is InChI=1S/C17H27FN2O/c1-5-19-16-14(10-7-11-15(16)18)17(21)20-13(4)9-6-8-12(2)3/h7,10-13,19H,5-6,8-9H2,1-4H3,(H,20,21). The highest BCUT2D eigenvalue weighted by Crippen LogP contribution is 2.20. The van der Waals surface area contributed by atoms with Crippen molar-refractivity contribution in [2.75, 3.05) is 11.9 Å². The lowest BCUT2D eigenvalue weighted by Crippen LogP contribution is -2.33.